The maximum absolute atomic E-state index is 12.8. The highest BCUT2D eigenvalue weighted by Crippen LogP contribution is 2.45. The second-order valence-electron chi connectivity index (χ2n) is 3.63. The van der Waals surface area contributed by atoms with Crippen molar-refractivity contribution in [1.82, 2.24) is 0 Å². The first kappa shape index (κ1) is 13.3. The molecule has 1 aliphatic heterocycles. The lowest BCUT2D eigenvalue weighted by Gasteiger charge is -2.25. The number of fused-ring (bicyclic) bond motifs is 1. The minimum Gasteiger partial charge on any atom is -0.478 e. The van der Waals surface area contributed by atoms with Crippen LogP contribution < -0.4 is 0 Å². The topological polar surface area (TPSA) is 37.3 Å². The molecule has 1 aromatic carbocycles. The second kappa shape index (κ2) is 4.51. The van der Waals surface area contributed by atoms with Crippen molar-refractivity contribution in [3.63, 3.8) is 0 Å². The summed E-state index contributed by atoms with van der Waals surface area (Å²) in [5.74, 6) is -1.56. The summed E-state index contributed by atoms with van der Waals surface area (Å²) in [5, 5.41) is 7.09. The maximum atomic E-state index is 12.8. The number of carboxylic acids is 1. The molecule has 0 spiro atoms. The predicted molar refractivity (Wildman–Crippen MR) is 62.8 cm³/mol. The van der Waals surface area contributed by atoms with E-state index in [0.717, 1.165) is 6.08 Å². The fourth-order valence-corrected chi connectivity index (χ4v) is 2.96. The SMILES string of the molecule is O=C(O)C1=Cc2ccc(Cl)cc2S[C@@H]1C(F)(F)F. The summed E-state index contributed by atoms with van der Waals surface area (Å²) >= 11 is 6.16. The van der Waals surface area contributed by atoms with E-state index in [1.165, 1.54) is 18.2 Å². The van der Waals surface area contributed by atoms with Gasteiger partial charge in [-0.25, -0.2) is 4.79 Å². The van der Waals surface area contributed by atoms with Gasteiger partial charge in [0.05, 0.1) is 5.57 Å². The summed E-state index contributed by atoms with van der Waals surface area (Å²) in [6, 6.07) is 4.40. The van der Waals surface area contributed by atoms with Crippen LogP contribution in [-0.2, 0) is 4.79 Å². The summed E-state index contributed by atoms with van der Waals surface area (Å²) in [6.45, 7) is 0. The monoisotopic (exact) mass is 294 g/mol. The highest BCUT2D eigenvalue weighted by atomic mass is 35.5. The molecular weight excluding hydrogens is 289 g/mol. The van der Waals surface area contributed by atoms with Crippen LogP contribution in [0, 0.1) is 0 Å². The van der Waals surface area contributed by atoms with Crippen LogP contribution in [-0.4, -0.2) is 22.5 Å². The quantitative estimate of drug-likeness (QED) is 0.855. The first-order valence-corrected chi connectivity index (χ1v) is 6.02. The van der Waals surface area contributed by atoms with Gasteiger partial charge >= 0.3 is 12.1 Å². The van der Waals surface area contributed by atoms with Crippen LogP contribution in [0.3, 0.4) is 0 Å². The predicted octanol–water partition coefficient (Wildman–Crippen LogP) is 3.84. The zero-order valence-corrected chi connectivity index (χ0v) is 10.2. The lowest BCUT2D eigenvalue weighted by molar-refractivity contribution is -0.140. The van der Waals surface area contributed by atoms with Crippen LogP contribution >= 0.6 is 23.4 Å². The molecule has 0 unspecified atom stereocenters. The lowest BCUT2D eigenvalue weighted by Crippen LogP contribution is -2.32. The molecule has 1 N–H and O–H groups in total. The van der Waals surface area contributed by atoms with E-state index in [0.29, 0.717) is 27.2 Å². The zero-order valence-electron chi connectivity index (χ0n) is 8.66. The molecule has 0 bridgehead atoms. The molecule has 2 rings (SSSR count). The number of aliphatic carboxylic acids is 1. The Hall–Kier alpha value is -1.14. The van der Waals surface area contributed by atoms with Gasteiger partial charge in [0.15, 0.2) is 0 Å². The number of carbonyl (C=O) groups is 1. The summed E-state index contributed by atoms with van der Waals surface area (Å²) < 4.78 is 38.4. The van der Waals surface area contributed by atoms with Gasteiger partial charge in [0.1, 0.15) is 5.25 Å². The van der Waals surface area contributed by atoms with Gasteiger partial charge < -0.3 is 5.11 Å². The normalized spacial score (nSPS) is 19.1. The van der Waals surface area contributed by atoms with Crippen LogP contribution in [0.4, 0.5) is 13.2 Å². The van der Waals surface area contributed by atoms with Gasteiger partial charge in [0, 0.05) is 9.92 Å². The average Bonchev–Trinajstić information content (AvgIpc) is 2.25. The van der Waals surface area contributed by atoms with E-state index in [9.17, 15) is 18.0 Å². The van der Waals surface area contributed by atoms with Crippen LogP contribution in [0.1, 0.15) is 5.56 Å². The first-order chi connectivity index (χ1) is 8.29. The number of alkyl halides is 3. The van der Waals surface area contributed by atoms with Gasteiger partial charge in [-0.05, 0) is 23.8 Å². The Morgan fingerprint density at radius 3 is 2.61 bits per heavy atom. The van der Waals surface area contributed by atoms with Crippen molar-refractivity contribution < 1.29 is 23.1 Å². The minimum absolute atomic E-state index is 0.314. The molecule has 0 fully saturated rings. The van der Waals surface area contributed by atoms with Gasteiger partial charge in [-0.2, -0.15) is 13.2 Å². The highest BCUT2D eigenvalue weighted by molar-refractivity contribution is 8.00. The van der Waals surface area contributed by atoms with E-state index >= 15 is 0 Å². The molecule has 7 heteroatoms. The summed E-state index contributed by atoms with van der Waals surface area (Å²) in [6.07, 6.45) is -3.57. The first-order valence-electron chi connectivity index (χ1n) is 4.77. The van der Waals surface area contributed by atoms with E-state index in [-0.39, 0.29) is 0 Å². The lowest BCUT2D eigenvalue weighted by atomic mass is 10.1. The highest BCUT2D eigenvalue weighted by Gasteiger charge is 2.46. The Kier molecular flexibility index (Phi) is 3.33. The maximum Gasteiger partial charge on any atom is 0.405 e. The Morgan fingerprint density at radius 1 is 1.39 bits per heavy atom. The van der Waals surface area contributed by atoms with Crippen molar-refractivity contribution in [3.05, 3.63) is 34.4 Å². The Bertz CT molecular complexity index is 540. The van der Waals surface area contributed by atoms with E-state index in [4.69, 9.17) is 16.7 Å². The molecule has 0 radical (unpaired) electrons. The third-order valence-corrected chi connectivity index (χ3v) is 3.96. The number of carboxylic acid groups (broad SMARTS) is 1. The summed E-state index contributed by atoms with van der Waals surface area (Å²) in [7, 11) is 0. The smallest absolute Gasteiger partial charge is 0.405 e. The van der Waals surface area contributed by atoms with Gasteiger partial charge in [-0.3, -0.25) is 0 Å². The van der Waals surface area contributed by atoms with Crippen molar-refractivity contribution in [1.29, 1.82) is 0 Å². The number of rotatable bonds is 1. The molecule has 1 aliphatic rings. The van der Waals surface area contributed by atoms with Crippen LogP contribution in [0.2, 0.25) is 5.02 Å². The molecular formula is C11H6ClF3O2S. The molecule has 1 atom stereocenters. The molecule has 0 saturated carbocycles. The molecule has 1 aromatic rings. The van der Waals surface area contributed by atoms with E-state index in [1.807, 2.05) is 0 Å². The summed E-state index contributed by atoms with van der Waals surface area (Å²) in [5.41, 5.74) is -0.232. The van der Waals surface area contributed by atoms with E-state index in [1.54, 1.807) is 0 Å². The largest absolute Gasteiger partial charge is 0.478 e. The van der Waals surface area contributed by atoms with Crippen molar-refractivity contribution >= 4 is 35.4 Å². The van der Waals surface area contributed by atoms with Gasteiger partial charge in [-0.1, -0.05) is 17.7 Å². The molecule has 2 nitrogen and oxygen atoms in total. The van der Waals surface area contributed by atoms with Gasteiger partial charge in [0.2, 0.25) is 0 Å². The second-order valence-corrected chi connectivity index (χ2v) is 5.21. The van der Waals surface area contributed by atoms with E-state index < -0.39 is 23.0 Å². The number of benzene rings is 1. The standard InChI is InChI=1S/C11H6ClF3O2S/c12-6-2-1-5-3-7(10(16)17)9(11(13,14)15)18-8(5)4-6/h1-4,9H,(H,16,17)/t9-/m0/s1. The van der Waals surface area contributed by atoms with Crippen LogP contribution in [0.5, 0.6) is 0 Å². The van der Waals surface area contributed by atoms with Gasteiger partial charge in [-0.15, -0.1) is 11.8 Å². The van der Waals surface area contributed by atoms with Gasteiger partial charge in [0.25, 0.3) is 0 Å². The van der Waals surface area contributed by atoms with Crippen molar-refractivity contribution in [2.24, 2.45) is 0 Å². The Labute approximate surface area is 109 Å². The molecule has 1 heterocycles. The molecule has 0 aromatic heterocycles. The molecule has 96 valence electrons. The third-order valence-electron chi connectivity index (χ3n) is 2.36. The molecule has 0 saturated heterocycles. The fraction of sp³-hybridized carbons (Fsp3) is 0.182. The molecule has 0 aliphatic carbocycles. The number of hydrogen-bond donors (Lipinski definition) is 1. The van der Waals surface area contributed by atoms with Crippen molar-refractivity contribution in [3.8, 4) is 0 Å². The third kappa shape index (κ3) is 2.49. The number of thioether (sulfide) groups is 1. The fourth-order valence-electron chi connectivity index (χ4n) is 1.58. The van der Waals surface area contributed by atoms with Crippen LogP contribution in [0.15, 0.2) is 28.7 Å². The van der Waals surface area contributed by atoms with Crippen molar-refractivity contribution in [2.45, 2.75) is 16.3 Å². The zero-order chi connectivity index (χ0) is 13.5. The molecule has 0 amide bonds. The van der Waals surface area contributed by atoms with E-state index in [2.05, 4.69) is 0 Å². The minimum atomic E-state index is -4.62. The molecule has 18 heavy (non-hydrogen) atoms. The number of hydrogen-bond acceptors (Lipinski definition) is 2. The number of halogens is 4. The Morgan fingerprint density at radius 2 is 2.06 bits per heavy atom. The summed E-state index contributed by atoms with van der Waals surface area (Å²) in [4.78, 5) is 11.2. The van der Waals surface area contributed by atoms with Crippen molar-refractivity contribution in [2.75, 3.05) is 0 Å². The van der Waals surface area contributed by atoms with Crippen LogP contribution in [0.25, 0.3) is 6.08 Å². The Balaban J connectivity index is 2.53. The average molecular weight is 295 g/mol.